The van der Waals surface area contributed by atoms with Crippen molar-refractivity contribution in [3.63, 3.8) is 0 Å². The Labute approximate surface area is 141 Å². The van der Waals surface area contributed by atoms with Gasteiger partial charge in [-0.1, -0.05) is 12.1 Å². The second-order valence-electron chi connectivity index (χ2n) is 5.29. The highest BCUT2D eigenvalue weighted by molar-refractivity contribution is 5.92. The molecule has 0 fully saturated rings. The molecule has 0 unspecified atom stereocenters. The van der Waals surface area contributed by atoms with Gasteiger partial charge in [0.05, 0.1) is 18.2 Å². The Morgan fingerprint density at radius 1 is 1.17 bits per heavy atom. The topological polar surface area (TPSA) is 71.3 Å². The van der Waals surface area contributed by atoms with Gasteiger partial charge in [0.15, 0.2) is 18.1 Å². The van der Waals surface area contributed by atoms with E-state index in [-0.39, 0.29) is 12.5 Å². The van der Waals surface area contributed by atoms with Crippen LogP contribution in [0.3, 0.4) is 0 Å². The molecule has 2 rings (SSSR count). The van der Waals surface area contributed by atoms with Crippen molar-refractivity contribution in [3.05, 3.63) is 53.1 Å². The van der Waals surface area contributed by atoms with E-state index in [4.69, 9.17) is 14.7 Å². The summed E-state index contributed by atoms with van der Waals surface area (Å²) in [5.41, 5.74) is 3.39. The molecule has 2 aromatic carbocycles. The highest BCUT2D eigenvalue weighted by Crippen LogP contribution is 2.28. The zero-order valence-corrected chi connectivity index (χ0v) is 14.1. The first kappa shape index (κ1) is 17.4. The Morgan fingerprint density at radius 2 is 1.96 bits per heavy atom. The molecule has 0 saturated heterocycles. The lowest BCUT2D eigenvalue weighted by Gasteiger charge is -2.13. The van der Waals surface area contributed by atoms with Crippen molar-refractivity contribution >= 4 is 11.6 Å². The van der Waals surface area contributed by atoms with Gasteiger partial charge in [-0.2, -0.15) is 5.26 Å². The second-order valence-corrected chi connectivity index (χ2v) is 5.29. The number of aryl methyl sites for hydroxylation is 1. The van der Waals surface area contributed by atoms with Crippen LogP contribution in [0.1, 0.15) is 23.6 Å². The Balaban J connectivity index is 2.04. The normalized spacial score (nSPS) is 9.92. The van der Waals surface area contributed by atoms with E-state index in [2.05, 4.69) is 5.32 Å². The lowest BCUT2D eigenvalue weighted by molar-refractivity contribution is -0.118. The van der Waals surface area contributed by atoms with Crippen LogP contribution >= 0.6 is 0 Å². The fraction of sp³-hybridized carbons (Fsp3) is 0.263. The van der Waals surface area contributed by atoms with Gasteiger partial charge in [-0.25, -0.2) is 0 Å². The second kappa shape index (κ2) is 8.02. The molecule has 0 aromatic heterocycles. The first-order valence-corrected chi connectivity index (χ1v) is 7.71. The van der Waals surface area contributed by atoms with Crippen LogP contribution < -0.4 is 14.8 Å². The summed E-state index contributed by atoms with van der Waals surface area (Å²) in [5.74, 6) is 0.638. The van der Waals surface area contributed by atoms with Gasteiger partial charge >= 0.3 is 0 Å². The summed E-state index contributed by atoms with van der Waals surface area (Å²) in [5, 5.41) is 11.8. The summed E-state index contributed by atoms with van der Waals surface area (Å²) >= 11 is 0. The number of nitrogens with one attached hydrogen (secondary N) is 1. The molecule has 0 heterocycles. The van der Waals surface area contributed by atoms with Gasteiger partial charge in [0.25, 0.3) is 5.91 Å². The highest BCUT2D eigenvalue weighted by atomic mass is 16.5. The number of nitrogens with zero attached hydrogens (tertiary/aromatic N) is 1. The highest BCUT2D eigenvalue weighted by Gasteiger charge is 2.10. The lowest BCUT2D eigenvalue weighted by atomic mass is 10.1. The maximum absolute atomic E-state index is 12.1. The molecule has 2 aromatic rings. The van der Waals surface area contributed by atoms with Gasteiger partial charge in [-0.15, -0.1) is 0 Å². The Hall–Kier alpha value is -3.00. The van der Waals surface area contributed by atoms with Crippen LogP contribution in [0, 0.1) is 25.2 Å². The molecule has 0 saturated carbocycles. The van der Waals surface area contributed by atoms with Gasteiger partial charge in [0.1, 0.15) is 0 Å². The van der Waals surface area contributed by atoms with Gasteiger partial charge in [-0.05, 0) is 50.1 Å². The Morgan fingerprint density at radius 3 is 2.67 bits per heavy atom. The number of rotatable bonds is 6. The van der Waals surface area contributed by atoms with E-state index in [0.29, 0.717) is 23.7 Å². The van der Waals surface area contributed by atoms with Crippen LogP contribution in [0.2, 0.25) is 0 Å². The maximum atomic E-state index is 12.1. The summed E-state index contributed by atoms with van der Waals surface area (Å²) in [4.78, 5) is 12.1. The quantitative estimate of drug-likeness (QED) is 0.881. The third-order valence-corrected chi connectivity index (χ3v) is 3.61. The third kappa shape index (κ3) is 4.26. The SMILES string of the molecule is CCOc1cc(C#N)ccc1OCC(=O)Nc1cccc(C)c1C. The summed E-state index contributed by atoms with van der Waals surface area (Å²) in [6.07, 6.45) is 0. The molecule has 1 N–H and O–H groups in total. The molecule has 5 nitrogen and oxygen atoms in total. The van der Waals surface area contributed by atoms with Gasteiger partial charge in [-0.3, -0.25) is 4.79 Å². The van der Waals surface area contributed by atoms with Crippen molar-refractivity contribution in [3.8, 4) is 17.6 Å². The number of anilines is 1. The van der Waals surface area contributed by atoms with Crippen molar-refractivity contribution in [1.29, 1.82) is 5.26 Å². The summed E-state index contributed by atoms with van der Waals surface area (Å²) in [6, 6.07) is 12.6. The molecule has 0 aliphatic carbocycles. The van der Waals surface area contributed by atoms with E-state index in [9.17, 15) is 4.79 Å². The monoisotopic (exact) mass is 324 g/mol. The van der Waals surface area contributed by atoms with Crippen molar-refractivity contribution in [1.82, 2.24) is 0 Å². The molecular formula is C19H20N2O3. The summed E-state index contributed by atoms with van der Waals surface area (Å²) in [7, 11) is 0. The van der Waals surface area contributed by atoms with Crippen LogP contribution in [0.5, 0.6) is 11.5 Å². The van der Waals surface area contributed by atoms with E-state index >= 15 is 0 Å². The summed E-state index contributed by atoms with van der Waals surface area (Å²) < 4.78 is 11.0. The predicted octanol–water partition coefficient (Wildman–Crippen LogP) is 3.59. The van der Waals surface area contributed by atoms with Crippen LogP contribution in [-0.4, -0.2) is 19.1 Å². The third-order valence-electron chi connectivity index (χ3n) is 3.61. The van der Waals surface area contributed by atoms with Crippen molar-refractivity contribution in [2.75, 3.05) is 18.5 Å². The molecular weight excluding hydrogens is 304 g/mol. The van der Waals surface area contributed by atoms with Crippen LogP contribution in [0.15, 0.2) is 36.4 Å². The fourth-order valence-electron chi connectivity index (χ4n) is 2.18. The molecule has 0 radical (unpaired) electrons. The zero-order chi connectivity index (χ0) is 17.5. The molecule has 0 aliphatic rings. The van der Waals surface area contributed by atoms with Crippen LogP contribution in [-0.2, 0) is 4.79 Å². The average molecular weight is 324 g/mol. The number of ether oxygens (including phenoxy) is 2. The Kier molecular flexibility index (Phi) is 5.80. The molecule has 1 amide bonds. The number of hydrogen-bond donors (Lipinski definition) is 1. The van der Waals surface area contributed by atoms with Gasteiger partial charge < -0.3 is 14.8 Å². The number of benzene rings is 2. The number of hydrogen-bond acceptors (Lipinski definition) is 4. The smallest absolute Gasteiger partial charge is 0.262 e. The number of carbonyl (C=O) groups excluding carboxylic acids is 1. The molecule has 5 heteroatoms. The molecule has 0 bridgehead atoms. The van der Waals surface area contributed by atoms with Gasteiger partial charge in [0.2, 0.25) is 0 Å². The zero-order valence-electron chi connectivity index (χ0n) is 14.1. The molecule has 24 heavy (non-hydrogen) atoms. The minimum Gasteiger partial charge on any atom is -0.490 e. The molecule has 0 aliphatic heterocycles. The molecule has 124 valence electrons. The van der Waals surface area contributed by atoms with E-state index < -0.39 is 0 Å². The first-order chi connectivity index (χ1) is 11.5. The van der Waals surface area contributed by atoms with E-state index in [1.54, 1.807) is 18.2 Å². The summed E-state index contributed by atoms with van der Waals surface area (Å²) in [6.45, 7) is 6.10. The van der Waals surface area contributed by atoms with Crippen LogP contribution in [0.25, 0.3) is 0 Å². The van der Waals surface area contributed by atoms with E-state index in [1.165, 1.54) is 0 Å². The van der Waals surface area contributed by atoms with Crippen molar-refractivity contribution in [2.45, 2.75) is 20.8 Å². The predicted molar refractivity (Wildman–Crippen MR) is 92.4 cm³/mol. The Bertz CT molecular complexity index is 779. The van der Waals surface area contributed by atoms with E-state index in [1.807, 2.05) is 45.0 Å². The minimum absolute atomic E-state index is 0.140. The van der Waals surface area contributed by atoms with Gasteiger partial charge in [0, 0.05) is 11.8 Å². The number of nitriles is 1. The standard InChI is InChI=1S/C19H20N2O3/c1-4-23-18-10-15(11-20)8-9-17(18)24-12-19(22)21-16-7-5-6-13(2)14(16)3/h5-10H,4,12H2,1-3H3,(H,21,22). The number of amides is 1. The molecule has 0 spiro atoms. The number of carbonyl (C=O) groups is 1. The largest absolute Gasteiger partial charge is 0.490 e. The van der Waals surface area contributed by atoms with E-state index in [0.717, 1.165) is 16.8 Å². The van der Waals surface area contributed by atoms with Crippen molar-refractivity contribution in [2.24, 2.45) is 0 Å². The first-order valence-electron chi connectivity index (χ1n) is 7.71. The lowest BCUT2D eigenvalue weighted by Crippen LogP contribution is -2.21. The van der Waals surface area contributed by atoms with Crippen molar-refractivity contribution < 1.29 is 14.3 Å². The molecule has 0 atom stereocenters. The fourth-order valence-corrected chi connectivity index (χ4v) is 2.18. The van der Waals surface area contributed by atoms with Crippen LogP contribution in [0.4, 0.5) is 5.69 Å². The minimum atomic E-state index is -0.254. The average Bonchev–Trinajstić information content (AvgIpc) is 2.58. The maximum Gasteiger partial charge on any atom is 0.262 e.